The van der Waals surface area contributed by atoms with Crippen LogP contribution in [0.2, 0.25) is 0 Å². The number of benzene rings is 2. The lowest BCUT2D eigenvalue weighted by Crippen LogP contribution is -2.45. The van der Waals surface area contributed by atoms with Gasteiger partial charge in [-0.05, 0) is 30.5 Å². The van der Waals surface area contributed by atoms with Crippen LogP contribution in [0.25, 0.3) is 0 Å². The van der Waals surface area contributed by atoms with Crippen LogP contribution < -0.4 is 10.1 Å². The van der Waals surface area contributed by atoms with Gasteiger partial charge < -0.3 is 20.1 Å². The molecule has 26 heavy (non-hydrogen) atoms. The zero-order valence-corrected chi connectivity index (χ0v) is 15.3. The molecular formula is C21H26N2O3. The van der Waals surface area contributed by atoms with Gasteiger partial charge in [-0.1, -0.05) is 42.5 Å². The van der Waals surface area contributed by atoms with Gasteiger partial charge in [0, 0.05) is 18.7 Å². The zero-order valence-electron chi connectivity index (χ0n) is 15.3. The molecule has 5 nitrogen and oxygen atoms in total. The number of amides is 1. The fraction of sp³-hybridized carbons (Fsp3) is 0.381. The van der Waals surface area contributed by atoms with Gasteiger partial charge in [0.25, 0.3) is 0 Å². The van der Waals surface area contributed by atoms with Crippen molar-refractivity contribution in [3.05, 3.63) is 65.2 Å². The van der Waals surface area contributed by atoms with Crippen molar-refractivity contribution < 1.29 is 14.6 Å². The maximum absolute atomic E-state index is 12.9. The number of aliphatic hydroxyl groups is 1. The van der Waals surface area contributed by atoms with E-state index >= 15 is 0 Å². The number of hydrogen-bond acceptors (Lipinski definition) is 4. The number of carbonyl (C=O) groups excluding carboxylic acids is 1. The highest BCUT2D eigenvalue weighted by molar-refractivity contribution is 5.80. The molecule has 0 bridgehead atoms. The number of rotatable bonds is 6. The smallest absolute Gasteiger partial charge is 0.237 e. The van der Waals surface area contributed by atoms with Gasteiger partial charge in [-0.3, -0.25) is 4.79 Å². The van der Waals surface area contributed by atoms with E-state index < -0.39 is 6.10 Å². The highest BCUT2D eigenvalue weighted by Gasteiger charge is 2.33. The second-order valence-electron chi connectivity index (χ2n) is 6.66. The van der Waals surface area contributed by atoms with Gasteiger partial charge in [-0.15, -0.1) is 0 Å². The molecule has 0 saturated carbocycles. The van der Waals surface area contributed by atoms with Gasteiger partial charge in [-0.2, -0.15) is 0 Å². The third kappa shape index (κ3) is 3.89. The second kappa shape index (κ2) is 8.34. The molecule has 2 aromatic rings. The van der Waals surface area contributed by atoms with Crippen molar-refractivity contribution in [3.8, 4) is 5.75 Å². The van der Waals surface area contributed by atoms with Crippen LogP contribution in [0, 0.1) is 0 Å². The normalized spacial score (nSPS) is 17.5. The van der Waals surface area contributed by atoms with Crippen LogP contribution in [0.4, 0.5) is 0 Å². The van der Waals surface area contributed by atoms with E-state index in [0.717, 1.165) is 23.3 Å². The standard InChI is InChI=1S/C21H26N2O3/c1-15(24)13-22-14-19(25)23-12-11-16-9-6-10-18(26-2)20(16)21(23)17-7-4-3-5-8-17/h3-10,15,21-22,24H,11-14H2,1-2H3/t15-,21-/m1/s1. The molecule has 2 N–H and O–H groups in total. The Hall–Kier alpha value is -2.37. The van der Waals surface area contributed by atoms with Crippen LogP contribution in [0.1, 0.15) is 29.7 Å². The van der Waals surface area contributed by atoms with Gasteiger partial charge in [0.05, 0.1) is 25.8 Å². The first-order chi connectivity index (χ1) is 12.6. The molecule has 138 valence electrons. The highest BCUT2D eigenvalue weighted by atomic mass is 16.5. The Bertz CT molecular complexity index is 732. The summed E-state index contributed by atoms with van der Waals surface area (Å²) in [5.74, 6) is 0.835. The first-order valence-corrected chi connectivity index (χ1v) is 9.00. The van der Waals surface area contributed by atoms with Crippen LogP contribution >= 0.6 is 0 Å². The molecule has 2 aromatic carbocycles. The average molecular weight is 354 g/mol. The maximum atomic E-state index is 12.9. The molecule has 0 radical (unpaired) electrons. The Morgan fingerprint density at radius 2 is 2.04 bits per heavy atom. The van der Waals surface area contributed by atoms with Crippen LogP contribution in [-0.2, 0) is 11.2 Å². The second-order valence-corrected chi connectivity index (χ2v) is 6.66. The largest absolute Gasteiger partial charge is 0.496 e. The molecule has 1 aliphatic heterocycles. The predicted molar refractivity (Wildman–Crippen MR) is 101 cm³/mol. The van der Waals surface area contributed by atoms with Crippen molar-refractivity contribution in [2.24, 2.45) is 0 Å². The molecule has 3 rings (SSSR count). The molecule has 0 fully saturated rings. The van der Waals surface area contributed by atoms with Gasteiger partial charge in [0.15, 0.2) is 0 Å². The van der Waals surface area contributed by atoms with E-state index in [1.54, 1.807) is 14.0 Å². The lowest BCUT2D eigenvalue weighted by molar-refractivity contribution is -0.132. The van der Waals surface area contributed by atoms with Crippen molar-refractivity contribution in [2.75, 3.05) is 26.7 Å². The molecule has 0 aliphatic carbocycles. The zero-order chi connectivity index (χ0) is 18.5. The first-order valence-electron chi connectivity index (χ1n) is 9.00. The minimum Gasteiger partial charge on any atom is -0.496 e. The molecule has 0 spiro atoms. The minimum absolute atomic E-state index is 0.0241. The quantitative estimate of drug-likeness (QED) is 0.834. The summed E-state index contributed by atoms with van der Waals surface area (Å²) in [4.78, 5) is 14.8. The molecule has 0 unspecified atom stereocenters. The van der Waals surface area contributed by atoms with Crippen molar-refractivity contribution in [2.45, 2.75) is 25.5 Å². The van der Waals surface area contributed by atoms with Crippen LogP contribution in [-0.4, -0.2) is 48.8 Å². The average Bonchev–Trinajstić information content (AvgIpc) is 2.66. The van der Waals surface area contributed by atoms with E-state index in [0.29, 0.717) is 13.1 Å². The summed E-state index contributed by atoms with van der Waals surface area (Å²) in [6.07, 6.45) is 0.327. The Labute approximate surface area is 154 Å². The fourth-order valence-electron chi connectivity index (χ4n) is 3.56. The van der Waals surface area contributed by atoms with E-state index in [9.17, 15) is 9.90 Å². The lowest BCUT2D eigenvalue weighted by Gasteiger charge is -2.38. The Balaban J connectivity index is 1.95. The first kappa shape index (κ1) is 18.4. The van der Waals surface area contributed by atoms with E-state index in [1.807, 2.05) is 35.2 Å². The SMILES string of the molecule is COc1cccc2c1[C@@H](c1ccccc1)N(C(=O)CNC[C@@H](C)O)CC2. The third-order valence-corrected chi connectivity index (χ3v) is 4.74. The summed E-state index contributed by atoms with van der Waals surface area (Å²) in [5, 5.41) is 12.4. The summed E-state index contributed by atoms with van der Waals surface area (Å²) < 4.78 is 5.62. The summed E-state index contributed by atoms with van der Waals surface area (Å²) >= 11 is 0. The maximum Gasteiger partial charge on any atom is 0.237 e. The number of methoxy groups -OCH3 is 1. The molecule has 1 amide bonds. The third-order valence-electron chi connectivity index (χ3n) is 4.74. The van der Waals surface area contributed by atoms with Crippen molar-refractivity contribution >= 4 is 5.91 Å². The van der Waals surface area contributed by atoms with Crippen molar-refractivity contribution in [3.63, 3.8) is 0 Å². The molecule has 0 saturated heterocycles. The van der Waals surface area contributed by atoms with Crippen molar-refractivity contribution in [1.29, 1.82) is 0 Å². The highest BCUT2D eigenvalue weighted by Crippen LogP contribution is 2.40. The van der Waals surface area contributed by atoms with E-state index in [4.69, 9.17) is 4.74 Å². The summed E-state index contributed by atoms with van der Waals surface area (Å²) in [7, 11) is 1.67. The van der Waals surface area contributed by atoms with E-state index in [2.05, 4.69) is 23.5 Å². The number of nitrogens with one attached hydrogen (secondary N) is 1. The lowest BCUT2D eigenvalue weighted by atomic mass is 9.87. The molecular weight excluding hydrogens is 328 g/mol. The summed E-state index contributed by atoms with van der Waals surface area (Å²) in [6, 6.07) is 16.0. The number of fused-ring (bicyclic) bond motifs is 1. The summed E-state index contributed by atoms with van der Waals surface area (Å²) in [5.41, 5.74) is 3.36. The number of aliphatic hydroxyl groups excluding tert-OH is 1. The van der Waals surface area contributed by atoms with Crippen LogP contribution in [0.5, 0.6) is 5.75 Å². The van der Waals surface area contributed by atoms with Crippen LogP contribution in [0.15, 0.2) is 48.5 Å². The Morgan fingerprint density at radius 3 is 2.73 bits per heavy atom. The van der Waals surface area contributed by atoms with Gasteiger partial charge in [0.1, 0.15) is 5.75 Å². The predicted octanol–water partition coefficient (Wildman–Crippen LogP) is 2.14. The topological polar surface area (TPSA) is 61.8 Å². The molecule has 2 atom stereocenters. The van der Waals surface area contributed by atoms with Crippen LogP contribution in [0.3, 0.4) is 0 Å². The molecule has 0 aromatic heterocycles. The van der Waals surface area contributed by atoms with Gasteiger partial charge >= 0.3 is 0 Å². The minimum atomic E-state index is -0.477. The fourth-order valence-corrected chi connectivity index (χ4v) is 3.56. The number of nitrogens with zero attached hydrogens (tertiary/aromatic N) is 1. The van der Waals surface area contributed by atoms with Gasteiger partial charge in [-0.25, -0.2) is 0 Å². The molecule has 5 heteroatoms. The van der Waals surface area contributed by atoms with Gasteiger partial charge in [0.2, 0.25) is 5.91 Å². The number of carbonyl (C=O) groups is 1. The summed E-state index contributed by atoms with van der Waals surface area (Å²) in [6.45, 7) is 2.97. The number of ether oxygens (including phenoxy) is 1. The molecule has 1 heterocycles. The van der Waals surface area contributed by atoms with Crippen molar-refractivity contribution in [1.82, 2.24) is 10.2 Å². The van der Waals surface area contributed by atoms with E-state index in [-0.39, 0.29) is 18.5 Å². The Morgan fingerprint density at radius 1 is 1.27 bits per heavy atom. The number of hydrogen-bond donors (Lipinski definition) is 2. The Kier molecular flexibility index (Phi) is 5.91. The molecule has 1 aliphatic rings. The van der Waals surface area contributed by atoms with E-state index in [1.165, 1.54) is 5.56 Å². The monoisotopic (exact) mass is 354 g/mol.